The van der Waals surface area contributed by atoms with Gasteiger partial charge in [-0.1, -0.05) is 29.4 Å². The molecule has 2 aliphatic heterocycles. The van der Waals surface area contributed by atoms with Gasteiger partial charge in [-0.25, -0.2) is 8.42 Å². The summed E-state index contributed by atoms with van der Waals surface area (Å²) < 4.78 is 24.1. The molecule has 1 amide bonds. The SMILES string of the molecule is Cc1ccc(Cl)cc1N1C(=NC(=O)C2CC2)S[C@@H]2CS(=O)(=O)C[C@@H]21. The Morgan fingerprint density at radius 1 is 1.33 bits per heavy atom. The van der Waals surface area contributed by atoms with Crippen molar-refractivity contribution in [3.63, 3.8) is 0 Å². The molecular formula is C16H17ClN2O3S2. The number of halogens is 1. The molecule has 1 aromatic rings. The highest BCUT2D eigenvalue weighted by molar-refractivity contribution is 8.16. The van der Waals surface area contributed by atoms with Crippen molar-refractivity contribution in [1.82, 2.24) is 0 Å². The number of carbonyl (C=O) groups is 1. The third kappa shape index (κ3) is 2.97. The summed E-state index contributed by atoms with van der Waals surface area (Å²) >= 11 is 7.56. The van der Waals surface area contributed by atoms with Gasteiger partial charge in [0.1, 0.15) is 0 Å². The topological polar surface area (TPSA) is 66.8 Å². The van der Waals surface area contributed by atoms with Gasteiger partial charge in [-0.15, -0.1) is 0 Å². The normalized spacial score (nSPS) is 29.9. The van der Waals surface area contributed by atoms with Crippen LogP contribution in [0.3, 0.4) is 0 Å². The summed E-state index contributed by atoms with van der Waals surface area (Å²) in [4.78, 5) is 18.4. The van der Waals surface area contributed by atoms with Crippen molar-refractivity contribution in [2.75, 3.05) is 16.4 Å². The zero-order valence-electron chi connectivity index (χ0n) is 13.1. The molecule has 0 spiro atoms. The third-order valence-electron chi connectivity index (χ3n) is 4.63. The predicted molar refractivity (Wildman–Crippen MR) is 97.7 cm³/mol. The Bertz CT molecular complexity index is 849. The molecule has 0 aromatic heterocycles. The minimum Gasteiger partial charge on any atom is -0.315 e. The Kier molecular flexibility index (Phi) is 3.93. The van der Waals surface area contributed by atoms with Gasteiger partial charge >= 0.3 is 0 Å². The van der Waals surface area contributed by atoms with Crippen LogP contribution in [0.1, 0.15) is 18.4 Å². The van der Waals surface area contributed by atoms with E-state index in [1.807, 2.05) is 24.0 Å². The lowest BCUT2D eigenvalue weighted by Crippen LogP contribution is -2.38. The molecule has 0 bridgehead atoms. The molecule has 0 radical (unpaired) electrons. The summed E-state index contributed by atoms with van der Waals surface area (Å²) in [6, 6.07) is 5.34. The zero-order chi connectivity index (χ0) is 17.1. The van der Waals surface area contributed by atoms with Gasteiger partial charge < -0.3 is 4.90 Å². The van der Waals surface area contributed by atoms with Crippen LogP contribution in [0, 0.1) is 12.8 Å². The Hall–Kier alpha value is -1.05. The fourth-order valence-electron chi connectivity index (χ4n) is 3.20. The summed E-state index contributed by atoms with van der Waals surface area (Å²) in [5.74, 6) is 0.178. The number of thioether (sulfide) groups is 1. The average molecular weight is 385 g/mol. The third-order valence-corrected chi connectivity index (χ3v) is 8.07. The number of hydrogen-bond acceptors (Lipinski definition) is 4. The van der Waals surface area contributed by atoms with Gasteiger partial charge in [-0.05, 0) is 37.5 Å². The van der Waals surface area contributed by atoms with Crippen LogP contribution in [-0.2, 0) is 14.6 Å². The Morgan fingerprint density at radius 3 is 2.79 bits per heavy atom. The first kappa shape index (κ1) is 16.4. The zero-order valence-corrected chi connectivity index (χ0v) is 15.5. The maximum absolute atomic E-state index is 12.2. The summed E-state index contributed by atoms with van der Waals surface area (Å²) in [6.45, 7) is 1.95. The molecule has 24 heavy (non-hydrogen) atoms. The van der Waals surface area contributed by atoms with E-state index in [2.05, 4.69) is 4.99 Å². The van der Waals surface area contributed by atoms with E-state index in [9.17, 15) is 13.2 Å². The monoisotopic (exact) mass is 384 g/mol. The lowest BCUT2D eigenvalue weighted by atomic mass is 10.1. The van der Waals surface area contributed by atoms with Crippen molar-refractivity contribution in [3.05, 3.63) is 28.8 Å². The van der Waals surface area contributed by atoms with E-state index in [0.717, 1.165) is 24.1 Å². The molecule has 8 heteroatoms. The molecule has 3 fully saturated rings. The largest absolute Gasteiger partial charge is 0.315 e. The number of amides is 1. The van der Waals surface area contributed by atoms with E-state index in [4.69, 9.17) is 11.6 Å². The molecule has 0 unspecified atom stereocenters. The summed E-state index contributed by atoms with van der Waals surface area (Å²) in [6.07, 6.45) is 1.80. The Morgan fingerprint density at radius 2 is 2.08 bits per heavy atom. The van der Waals surface area contributed by atoms with E-state index >= 15 is 0 Å². The number of aliphatic imine (C=N–C) groups is 1. The first-order valence-corrected chi connectivity index (χ1v) is 11.0. The first-order chi connectivity index (χ1) is 11.3. The van der Waals surface area contributed by atoms with E-state index in [0.29, 0.717) is 10.2 Å². The van der Waals surface area contributed by atoms with E-state index in [1.165, 1.54) is 11.8 Å². The average Bonchev–Trinajstić information content (AvgIpc) is 3.23. The number of rotatable bonds is 2. The second-order valence-electron chi connectivity index (χ2n) is 6.61. The van der Waals surface area contributed by atoms with Crippen LogP contribution < -0.4 is 4.90 Å². The summed E-state index contributed by atoms with van der Waals surface area (Å²) in [5.41, 5.74) is 1.82. The minimum absolute atomic E-state index is 0.0459. The van der Waals surface area contributed by atoms with Gasteiger partial charge in [0.15, 0.2) is 15.0 Å². The van der Waals surface area contributed by atoms with Crippen LogP contribution in [0.4, 0.5) is 5.69 Å². The Labute approximate surface area is 150 Å². The molecule has 1 saturated carbocycles. The summed E-state index contributed by atoms with van der Waals surface area (Å²) in [5, 5.41) is 1.11. The van der Waals surface area contributed by atoms with E-state index in [-0.39, 0.29) is 34.6 Å². The number of hydrogen-bond donors (Lipinski definition) is 0. The predicted octanol–water partition coefficient (Wildman–Crippen LogP) is 2.66. The Balaban J connectivity index is 1.77. The van der Waals surface area contributed by atoms with Crippen molar-refractivity contribution >= 4 is 50.0 Å². The van der Waals surface area contributed by atoms with Gasteiger partial charge in [0, 0.05) is 21.9 Å². The number of nitrogens with zero attached hydrogens (tertiary/aromatic N) is 2. The standard InChI is InChI=1S/C16H17ClN2O3S2/c1-9-2-5-11(17)6-12(9)19-13-7-24(21,22)8-14(13)23-16(19)18-15(20)10-3-4-10/h2,5-6,10,13-14H,3-4,7-8H2,1H3/t13-,14+/m0/s1. The van der Waals surface area contributed by atoms with Crippen molar-refractivity contribution in [1.29, 1.82) is 0 Å². The quantitative estimate of drug-likeness (QED) is 0.784. The molecule has 5 nitrogen and oxygen atoms in total. The summed E-state index contributed by atoms with van der Waals surface area (Å²) in [7, 11) is -3.06. The van der Waals surface area contributed by atoms with Gasteiger partial charge in [-0.3, -0.25) is 4.79 Å². The fraction of sp³-hybridized carbons (Fsp3) is 0.500. The lowest BCUT2D eigenvalue weighted by molar-refractivity contribution is -0.118. The number of aryl methyl sites for hydroxylation is 1. The number of amidine groups is 1. The number of fused-ring (bicyclic) bond motifs is 1. The van der Waals surface area contributed by atoms with Crippen LogP contribution in [-0.4, -0.2) is 42.3 Å². The molecule has 2 atom stereocenters. The van der Waals surface area contributed by atoms with E-state index in [1.54, 1.807) is 6.07 Å². The molecular weight excluding hydrogens is 368 g/mol. The lowest BCUT2D eigenvalue weighted by Gasteiger charge is -2.26. The maximum atomic E-state index is 12.2. The minimum atomic E-state index is -3.06. The van der Waals surface area contributed by atoms with Crippen LogP contribution in [0.5, 0.6) is 0 Å². The highest BCUT2D eigenvalue weighted by Gasteiger charge is 2.50. The molecule has 4 rings (SSSR count). The second-order valence-corrected chi connectivity index (χ2v) is 10.4. The molecule has 3 aliphatic rings. The van der Waals surface area contributed by atoms with Crippen LogP contribution in [0.2, 0.25) is 5.02 Å². The highest BCUT2D eigenvalue weighted by atomic mass is 35.5. The van der Waals surface area contributed by atoms with Crippen molar-refractivity contribution in [2.45, 2.75) is 31.1 Å². The van der Waals surface area contributed by atoms with Gasteiger partial charge in [-0.2, -0.15) is 4.99 Å². The van der Waals surface area contributed by atoms with Gasteiger partial charge in [0.25, 0.3) is 5.91 Å². The van der Waals surface area contributed by atoms with E-state index < -0.39 is 9.84 Å². The molecule has 1 aliphatic carbocycles. The van der Waals surface area contributed by atoms with Crippen LogP contribution in [0.25, 0.3) is 0 Å². The maximum Gasteiger partial charge on any atom is 0.251 e. The number of carbonyl (C=O) groups excluding carboxylic acids is 1. The fourth-order valence-corrected chi connectivity index (χ4v) is 7.28. The molecule has 0 N–H and O–H groups in total. The van der Waals surface area contributed by atoms with Gasteiger partial charge in [0.05, 0.1) is 17.5 Å². The highest BCUT2D eigenvalue weighted by Crippen LogP contribution is 2.43. The molecule has 1 aromatic carbocycles. The van der Waals surface area contributed by atoms with Crippen molar-refractivity contribution in [3.8, 4) is 0 Å². The van der Waals surface area contributed by atoms with Crippen molar-refractivity contribution in [2.24, 2.45) is 10.9 Å². The molecule has 2 heterocycles. The van der Waals surface area contributed by atoms with Crippen LogP contribution >= 0.6 is 23.4 Å². The number of sulfone groups is 1. The van der Waals surface area contributed by atoms with Crippen molar-refractivity contribution < 1.29 is 13.2 Å². The number of benzene rings is 1. The van der Waals surface area contributed by atoms with Gasteiger partial charge in [0.2, 0.25) is 0 Å². The smallest absolute Gasteiger partial charge is 0.251 e. The number of anilines is 1. The molecule has 2 saturated heterocycles. The first-order valence-electron chi connectivity index (χ1n) is 7.89. The molecule has 128 valence electrons. The second kappa shape index (κ2) is 5.75. The van der Waals surface area contributed by atoms with Crippen LogP contribution in [0.15, 0.2) is 23.2 Å².